The minimum atomic E-state index is -0.431. The predicted octanol–water partition coefficient (Wildman–Crippen LogP) is 3.07. The third-order valence-electron chi connectivity index (χ3n) is 1.55. The van der Waals surface area contributed by atoms with Gasteiger partial charge in [0.15, 0.2) is 0 Å². The molecule has 16 heavy (non-hydrogen) atoms. The zero-order valence-corrected chi connectivity index (χ0v) is 9.80. The average Bonchev–Trinajstić information content (AvgIpc) is 2.27. The van der Waals surface area contributed by atoms with E-state index in [-0.39, 0.29) is 0 Å². The average molecular weight is 216 g/mol. The first-order chi connectivity index (χ1) is 7.81. The number of carbonyl (C=O) groups excluding carboxylic acids is 1. The van der Waals surface area contributed by atoms with E-state index in [0.29, 0.717) is 6.61 Å². The molecule has 0 saturated carbocycles. The van der Waals surface area contributed by atoms with Crippen LogP contribution in [0.25, 0.3) is 0 Å². The largest absolute Gasteiger partial charge is 0.462 e. The van der Waals surface area contributed by atoms with Crippen molar-refractivity contribution in [1.82, 2.24) is 0 Å². The molecule has 0 heterocycles. The molecule has 0 aliphatic rings. The lowest BCUT2D eigenvalue weighted by Gasteiger charge is -1.90. The fourth-order valence-corrected chi connectivity index (χ4v) is 0.812. The maximum Gasteiger partial charge on any atom is 0.339 e. The lowest BCUT2D eigenvalue weighted by molar-refractivity contribution is -0.137. The van der Waals surface area contributed by atoms with E-state index in [9.17, 15) is 4.79 Å². The molecule has 0 spiro atoms. The van der Waals surface area contributed by atoms with Crippen LogP contribution >= 0.6 is 0 Å². The lowest BCUT2D eigenvalue weighted by Crippen LogP contribution is -1.97. The van der Waals surface area contributed by atoms with E-state index in [1.165, 1.54) is 12.5 Å². The van der Waals surface area contributed by atoms with Crippen LogP contribution < -0.4 is 0 Å². The number of carbonyl (C=O) groups is 1. The van der Waals surface area contributed by atoms with Crippen molar-refractivity contribution in [3.63, 3.8) is 0 Å². The molecule has 2 nitrogen and oxygen atoms in total. The van der Waals surface area contributed by atoms with Gasteiger partial charge in [0.2, 0.25) is 0 Å². The number of rotatable bonds is 5. The van der Waals surface area contributed by atoms with Crippen molar-refractivity contribution < 1.29 is 9.53 Å². The summed E-state index contributed by atoms with van der Waals surface area (Å²) < 4.78 is 4.65. The Bertz CT molecular complexity index is 400. The van der Waals surface area contributed by atoms with Gasteiger partial charge in [-0.25, -0.2) is 4.79 Å². The molecule has 2 heteroatoms. The van der Waals surface area contributed by atoms with Gasteiger partial charge in [-0.1, -0.05) is 24.8 Å². The van der Waals surface area contributed by atoms with E-state index < -0.39 is 5.97 Å². The first-order valence-electron chi connectivity index (χ1n) is 5.39. The van der Waals surface area contributed by atoms with Crippen LogP contribution in [0.4, 0.5) is 0 Å². The molecule has 0 aromatic rings. The highest BCUT2D eigenvalue weighted by molar-refractivity contribution is 5.81. The van der Waals surface area contributed by atoms with E-state index in [1.54, 1.807) is 6.92 Å². The van der Waals surface area contributed by atoms with Crippen molar-refractivity contribution in [3.05, 3.63) is 40.8 Å². The summed E-state index contributed by atoms with van der Waals surface area (Å²) in [6.07, 6.45) is 6.37. The van der Waals surface area contributed by atoms with Gasteiger partial charge < -0.3 is 4.74 Å². The smallest absolute Gasteiger partial charge is 0.339 e. The van der Waals surface area contributed by atoms with E-state index >= 15 is 0 Å². The molecule has 0 aliphatic carbocycles. The van der Waals surface area contributed by atoms with Crippen LogP contribution in [0.3, 0.4) is 0 Å². The second kappa shape index (κ2) is 11.2. The lowest BCUT2D eigenvalue weighted by atomic mass is 10.2. The van der Waals surface area contributed by atoms with Crippen molar-refractivity contribution in [2.45, 2.75) is 33.1 Å². The number of esters is 1. The summed E-state index contributed by atoms with van der Waals surface area (Å²) in [6, 6.07) is 0. The summed E-state index contributed by atoms with van der Waals surface area (Å²) >= 11 is 0. The van der Waals surface area contributed by atoms with Gasteiger partial charge >= 0.3 is 5.97 Å². The Morgan fingerprint density at radius 3 is 2.62 bits per heavy atom. The van der Waals surface area contributed by atoms with Gasteiger partial charge in [0.05, 0.1) is 12.7 Å². The molecule has 0 radical (unpaired) electrons. The van der Waals surface area contributed by atoms with Gasteiger partial charge in [0.1, 0.15) is 0 Å². The number of allylic oxidation sites excluding steroid dienone is 1. The second-order valence-electron chi connectivity index (χ2n) is 2.91. The summed E-state index contributed by atoms with van der Waals surface area (Å²) in [4.78, 5) is 10.8. The second-order valence-corrected chi connectivity index (χ2v) is 2.91. The Labute approximate surface area is 96.6 Å². The summed E-state index contributed by atoms with van der Waals surface area (Å²) in [6.45, 7) is 4.24. The molecule has 0 fully saturated rings. The monoisotopic (exact) mass is 216 g/mol. The molecule has 0 rings (SSSR count). The van der Waals surface area contributed by atoms with Crippen LogP contribution in [0.5, 0.6) is 0 Å². The van der Waals surface area contributed by atoms with E-state index in [2.05, 4.69) is 40.3 Å². The predicted molar refractivity (Wildman–Crippen MR) is 62.9 cm³/mol. The SMILES string of the molecule is CCCCC=C=C=C=C=C=CC(=O)OCC. The third kappa shape index (κ3) is 10.2. The normalized spacial score (nSPS) is 7.38. The van der Waals surface area contributed by atoms with Gasteiger partial charge in [-0.3, -0.25) is 0 Å². The maximum absolute atomic E-state index is 10.8. The molecule has 0 unspecified atom stereocenters. The fourth-order valence-electron chi connectivity index (χ4n) is 0.812. The van der Waals surface area contributed by atoms with Crippen molar-refractivity contribution >= 4 is 5.97 Å². The first kappa shape index (κ1) is 14.1. The van der Waals surface area contributed by atoms with Gasteiger partial charge in [0, 0.05) is 0 Å². The number of unbranched alkanes of at least 4 members (excludes halogenated alkanes) is 2. The van der Waals surface area contributed by atoms with Crippen LogP contribution in [-0.4, -0.2) is 12.6 Å². The number of hydrogen-bond acceptors (Lipinski definition) is 2. The Hall–Kier alpha value is -1.89. The van der Waals surface area contributed by atoms with Crippen molar-refractivity contribution in [2.75, 3.05) is 6.61 Å². The first-order valence-corrected chi connectivity index (χ1v) is 5.39. The fraction of sp³-hybridized carbons (Fsp3) is 0.429. The third-order valence-corrected chi connectivity index (χ3v) is 1.55. The Balaban J connectivity index is 4.35. The van der Waals surface area contributed by atoms with Gasteiger partial charge in [0.25, 0.3) is 0 Å². The molecular formula is C14H16O2. The molecular weight excluding hydrogens is 200 g/mol. The highest BCUT2D eigenvalue weighted by Gasteiger charge is 1.89. The maximum atomic E-state index is 10.8. The molecule has 0 amide bonds. The van der Waals surface area contributed by atoms with Gasteiger partial charge in [-0.05, 0) is 43.0 Å². The van der Waals surface area contributed by atoms with Gasteiger partial charge in [-0.2, -0.15) is 0 Å². The Morgan fingerprint density at radius 1 is 1.19 bits per heavy atom. The zero-order chi connectivity index (χ0) is 12.1. The molecule has 0 bridgehead atoms. The molecule has 84 valence electrons. The van der Waals surface area contributed by atoms with E-state index in [1.807, 2.05) is 6.08 Å². The van der Waals surface area contributed by atoms with Crippen LogP contribution in [-0.2, 0) is 9.53 Å². The summed E-state index contributed by atoms with van der Waals surface area (Å²) in [5, 5.41) is 0. The van der Waals surface area contributed by atoms with E-state index in [4.69, 9.17) is 0 Å². The summed E-state index contributed by atoms with van der Waals surface area (Å²) in [7, 11) is 0. The Kier molecular flexibility index (Phi) is 9.86. The van der Waals surface area contributed by atoms with Gasteiger partial charge in [-0.15, -0.1) is 0 Å². The number of ether oxygens (including phenoxy) is 1. The highest BCUT2D eigenvalue weighted by Crippen LogP contribution is 1.92. The van der Waals surface area contributed by atoms with Crippen molar-refractivity contribution in [1.29, 1.82) is 0 Å². The standard InChI is InChI=1S/C14H16O2/c1-3-5-6-7-8-9-10-11-12-13-14(15)16-4-2/h7,13H,3-6H2,1-2H3. The number of hydrogen-bond donors (Lipinski definition) is 0. The van der Waals surface area contributed by atoms with Crippen LogP contribution in [0, 0.1) is 0 Å². The Morgan fingerprint density at radius 2 is 1.94 bits per heavy atom. The van der Waals surface area contributed by atoms with Crippen LogP contribution in [0.2, 0.25) is 0 Å². The zero-order valence-electron chi connectivity index (χ0n) is 9.80. The van der Waals surface area contributed by atoms with Crippen molar-refractivity contribution in [3.8, 4) is 0 Å². The molecule has 0 N–H and O–H groups in total. The van der Waals surface area contributed by atoms with Crippen LogP contribution in [0.1, 0.15) is 33.1 Å². The molecule has 0 atom stereocenters. The highest BCUT2D eigenvalue weighted by atomic mass is 16.5. The minimum absolute atomic E-state index is 0.358. The van der Waals surface area contributed by atoms with E-state index in [0.717, 1.165) is 12.8 Å². The summed E-state index contributed by atoms with van der Waals surface area (Å²) in [5.41, 5.74) is 13.0. The van der Waals surface area contributed by atoms with Crippen molar-refractivity contribution in [2.24, 2.45) is 0 Å². The topological polar surface area (TPSA) is 26.3 Å². The van der Waals surface area contributed by atoms with Crippen LogP contribution in [0.15, 0.2) is 40.8 Å². The molecule has 0 saturated heterocycles. The quantitative estimate of drug-likeness (QED) is 0.305. The summed E-state index contributed by atoms with van der Waals surface area (Å²) in [5.74, 6) is -0.431. The molecule has 0 aromatic heterocycles. The molecule has 0 aliphatic heterocycles. The minimum Gasteiger partial charge on any atom is -0.462 e. The molecule has 0 aromatic carbocycles.